The molecule has 1 fully saturated rings. The van der Waals surface area contributed by atoms with Crippen LogP contribution in [-0.4, -0.2) is 47.9 Å². The molecule has 1 atom stereocenters. The molecule has 0 bridgehead atoms. The highest BCUT2D eigenvalue weighted by atomic mass is 35.5. The van der Waals surface area contributed by atoms with Crippen LogP contribution in [0, 0.1) is 0 Å². The van der Waals surface area contributed by atoms with Gasteiger partial charge in [-0.2, -0.15) is 16.1 Å². The Bertz CT molecular complexity index is 590. The van der Waals surface area contributed by atoms with Crippen LogP contribution in [-0.2, 0) is 14.8 Å². The van der Waals surface area contributed by atoms with Crippen molar-refractivity contribution in [2.24, 2.45) is 0 Å². The molecule has 2 rings (SSSR count). The van der Waals surface area contributed by atoms with Crippen molar-refractivity contribution in [3.8, 4) is 0 Å². The van der Waals surface area contributed by atoms with E-state index in [-0.39, 0.29) is 22.2 Å². The summed E-state index contributed by atoms with van der Waals surface area (Å²) in [6.45, 7) is 0.176. The van der Waals surface area contributed by atoms with Gasteiger partial charge in [0, 0.05) is 18.1 Å². The summed E-state index contributed by atoms with van der Waals surface area (Å²) in [7, 11) is -3.88. The average molecular weight is 322 g/mol. The molecule has 0 saturated carbocycles. The maximum atomic E-state index is 12.5. The van der Waals surface area contributed by atoms with E-state index in [0.29, 0.717) is 5.75 Å². The molecule has 0 amide bonds. The van der Waals surface area contributed by atoms with E-state index in [4.69, 9.17) is 16.7 Å². The van der Waals surface area contributed by atoms with E-state index in [1.807, 2.05) is 0 Å². The van der Waals surface area contributed by atoms with E-state index in [1.165, 1.54) is 23.9 Å². The molecule has 1 unspecified atom stereocenters. The van der Waals surface area contributed by atoms with Crippen LogP contribution >= 0.6 is 23.4 Å². The molecule has 19 heavy (non-hydrogen) atoms. The number of benzene rings is 1. The first-order valence-corrected chi connectivity index (χ1v) is 8.49. The van der Waals surface area contributed by atoms with E-state index in [9.17, 15) is 13.2 Å². The number of hydrogen-bond donors (Lipinski definition) is 1. The van der Waals surface area contributed by atoms with Crippen LogP contribution in [0.5, 0.6) is 0 Å². The predicted molar refractivity (Wildman–Crippen MR) is 74.1 cm³/mol. The van der Waals surface area contributed by atoms with E-state index in [2.05, 4.69) is 0 Å². The summed E-state index contributed by atoms with van der Waals surface area (Å²) in [5.41, 5.74) is 0. The number of carboxylic acids is 1. The lowest BCUT2D eigenvalue weighted by Crippen LogP contribution is -2.50. The van der Waals surface area contributed by atoms with Gasteiger partial charge in [-0.15, -0.1) is 0 Å². The minimum atomic E-state index is -3.88. The van der Waals surface area contributed by atoms with Gasteiger partial charge in [0.1, 0.15) is 10.9 Å². The van der Waals surface area contributed by atoms with E-state index in [1.54, 1.807) is 12.1 Å². The quantitative estimate of drug-likeness (QED) is 0.914. The molecule has 8 heteroatoms. The number of carbonyl (C=O) groups is 1. The Morgan fingerprint density at radius 3 is 2.74 bits per heavy atom. The topological polar surface area (TPSA) is 74.7 Å². The first-order valence-electron chi connectivity index (χ1n) is 5.51. The van der Waals surface area contributed by atoms with Crippen molar-refractivity contribution >= 4 is 39.4 Å². The maximum Gasteiger partial charge on any atom is 0.322 e. The fraction of sp³-hybridized carbons (Fsp3) is 0.364. The molecule has 0 aromatic heterocycles. The van der Waals surface area contributed by atoms with Gasteiger partial charge in [0.05, 0.1) is 5.02 Å². The number of carboxylic acid groups (broad SMARTS) is 1. The van der Waals surface area contributed by atoms with Crippen molar-refractivity contribution in [1.29, 1.82) is 0 Å². The third kappa shape index (κ3) is 2.89. The smallest absolute Gasteiger partial charge is 0.322 e. The average Bonchev–Trinajstić information content (AvgIpc) is 2.39. The lowest BCUT2D eigenvalue weighted by molar-refractivity contribution is -0.140. The third-order valence-corrected chi connectivity index (χ3v) is 6.22. The molecule has 1 aliphatic rings. The monoisotopic (exact) mass is 321 g/mol. The summed E-state index contributed by atoms with van der Waals surface area (Å²) in [5, 5.41) is 9.24. The molecule has 5 nitrogen and oxygen atoms in total. The highest BCUT2D eigenvalue weighted by molar-refractivity contribution is 7.99. The van der Waals surface area contributed by atoms with Gasteiger partial charge in [-0.25, -0.2) is 8.42 Å². The van der Waals surface area contributed by atoms with Crippen LogP contribution in [0.25, 0.3) is 0 Å². The molecule has 0 radical (unpaired) electrons. The van der Waals surface area contributed by atoms with E-state index in [0.717, 1.165) is 4.31 Å². The van der Waals surface area contributed by atoms with Crippen LogP contribution < -0.4 is 0 Å². The number of sulfonamides is 1. The highest BCUT2D eigenvalue weighted by Crippen LogP contribution is 2.28. The van der Waals surface area contributed by atoms with Gasteiger partial charge in [0.15, 0.2) is 0 Å². The Kier molecular flexibility index (Phi) is 4.39. The molecule has 1 N–H and O–H groups in total. The molecule has 0 spiro atoms. The van der Waals surface area contributed by atoms with Gasteiger partial charge in [-0.1, -0.05) is 23.7 Å². The SMILES string of the molecule is O=C(O)C1CSCCN1S(=O)(=O)c1ccccc1Cl. The van der Waals surface area contributed by atoms with Crippen molar-refractivity contribution in [3.05, 3.63) is 29.3 Å². The molecular weight excluding hydrogens is 310 g/mol. The fourth-order valence-corrected chi connectivity index (χ4v) is 5.18. The summed E-state index contributed by atoms with van der Waals surface area (Å²) in [6.07, 6.45) is 0. The van der Waals surface area contributed by atoms with Gasteiger partial charge in [-0.05, 0) is 12.1 Å². The molecule has 0 aliphatic carbocycles. The Morgan fingerprint density at radius 2 is 2.11 bits per heavy atom. The zero-order valence-electron chi connectivity index (χ0n) is 9.82. The largest absolute Gasteiger partial charge is 0.480 e. The summed E-state index contributed by atoms with van der Waals surface area (Å²) in [5.74, 6) is -0.310. The standard InChI is InChI=1S/C11H12ClNO4S2/c12-8-3-1-2-4-10(8)19(16,17)13-5-6-18-7-9(13)11(14)15/h1-4,9H,5-7H2,(H,14,15). The molecular formula is C11H12ClNO4S2. The van der Waals surface area contributed by atoms with Crippen molar-refractivity contribution in [2.45, 2.75) is 10.9 Å². The summed E-state index contributed by atoms with van der Waals surface area (Å²) >= 11 is 7.33. The van der Waals surface area contributed by atoms with Crippen LogP contribution in [0.15, 0.2) is 29.2 Å². The van der Waals surface area contributed by atoms with Gasteiger partial charge in [0.2, 0.25) is 10.0 Å². The minimum absolute atomic E-state index is 0.0465. The van der Waals surface area contributed by atoms with Gasteiger partial charge >= 0.3 is 5.97 Å². The van der Waals surface area contributed by atoms with Gasteiger partial charge in [0.25, 0.3) is 0 Å². The summed E-state index contributed by atoms with van der Waals surface area (Å²) in [4.78, 5) is 11.1. The van der Waals surface area contributed by atoms with Crippen LogP contribution in [0.3, 0.4) is 0 Å². The van der Waals surface area contributed by atoms with Crippen molar-refractivity contribution < 1.29 is 18.3 Å². The second-order valence-corrected chi connectivity index (χ2v) is 7.39. The predicted octanol–water partition coefficient (Wildman–Crippen LogP) is 1.53. The zero-order valence-corrected chi connectivity index (χ0v) is 12.2. The fourth-order valence-electron chi connectivity index (χ4n) is 1.85. The molecule has 1 aromatic carbocycles. The zero-order chi connectivity index (χ0) is 14.0. The highest BCUT2D eigenvalue weighted by Gasteiger charge is 2.38. The van der Waals surface area contributed by atoms with E-state index >= 15 is 0 Å². The van der Waals surface area contributed by atoms with Gasteiger partial charge in [-0.3, -0.25) is 4.79 Å². The first-order chi connectivity index (χ1) is 8.94. The lowest BCUT2D eigenvalue weighted by atomic mass is 10.3. The second-order valence-electron chi connectivity index (χ2n) is 3.98. The summed E-state index contributed by atoms with van der Waals surface area (Å²) < 4.78 is 26.0. The Labute approximate surface area is 120 Å². The molecule has 1 aromatic rings. The second kappa shape index (κ2) is 5.70. The van der Waals surface area contributed by atoms with E-state index < -0.39 is 22.0 Å². The third-order valence-electron chi connectivity index (χ3n) is 2.79. The number of aliphatic carboxylic acids is 1. The summed E-state index contributed by atoms with van der Waals surface area (Å²) in [6, 6.07) is 5.01. The molecule has 1 heterocycles. The first kappa shape index (κ1) is 14.6. The van der Waals surface area contributed by atoms with Crippen molar-refractivity contribution in [2.75, 3.05) is 18.1 Å². The normalized spacial score (nSPS) is 21.2. The Morgan fingerprint density at radius 1 is 1.42 bits per heavy atom. The number of thioether (sulfide) groups is 1. The van der Waals surface area contributed by atoms with Crippen LogP contribution in [0.4, 0.5) is 0 Å². The maximum absolute atomic E-state index is 12.5. The Balaban J connectivity index is 2.43. The number of halogens is 1. The number of nitrogens with zero attached hydrogens (tertiary/aromatic N) is 1. The van der Waals surface area contributed by atoms with Gasteiger partial charge < -0.3 is 5.11 Å². The van der Waals surface area contributed by atoms with Crippen molar-refractivity contribution in [1.82, 2.24) is 4.31 Å². The van der Waals surface area contributed by atoms with Crippen LogP contribution in [0.2, 0.25) is 5.02 Å². The minimum Gasteiger partial charge on any atom is -0.480 e. The number of hydrogen-bond acceptors (Lipinski definition) is 4. The van der Waals surface area contributed by atoms with Crippen molar-refractivity contribution in [3.63, 3.8) is 0 Å². The van der Waals surface area contributed by atoms with Crippen LogP contribution in [0.1, 0.15) is 0 Å². The number of rotatable bonds is 3. The molecule has 1 aliphatic heterocycles. The molecule has 104 valence electrons. The molecule has 1 saturated heterocycles. The lowest BCUT2D eigenvalue weighted by Gasteiger charge is -2.31. The Hall–Kier alpha value is -0.760.